The van der Waals surface area contributed by atoms with E-state index in [9.17, 15) is 4.79 Å². The number of hydrogen-bond donors (Lipinski definition) is 1. The minimum Gasteiger partial charge on any atom is -0.396 e. The van der Waals surface area contributed by atoms with Gasteiger partial charge in [0, 0.05) is 19.4 Å². The summed E-state index contributed by atoms with van der Waals surface area (Å²) in [6.45, 7) is 4.53. The van der Waals surface area contributed by atoms with Crippen LogP contribution in [0.5, 0.6) is 0 Å². The van der Waals surface area contributed by atoms with Crippen LogP contribution in [-0.4, -0.2) is 17.5 Å². The average Bonchev–Trinajstić information content (AvgIpc) is 2.09. The van der Waals surface area contributed by atoms with Crippen LogP contribution in [-0.2, 0) is 4.79 Å². The number of aliphatic hydroxyl groups excluding tert-OH is 1. The Kier molecular flexibility index (Phi) is 8.00. The zero-order chi connectivity index (χ0) is 10.1. The molecule has 0 bridgehead atoms. The molecule has 0 unspecified atom stereocenters. The van der Waals surface area contributed by atoms with Crippen molar-refractivity contribution in [2.75, 3.05) is 6.61 Å². The van der Waals surface area contributed by atoms with Gasteiger partial charge >= 0.3 is 0 Å². The number of Topliss-reactive ketones (excluding diaryl/α,β-unsaturated/α-hetero) is 1. The largest absolute Gasteiger partial charge is 0.396 e. The smallest absolute Gasteiger partial charge is 0.132 e. The number of hydrogen-bond acceptors (Lipinski definition) is 2. The summed E-state index contributed by atoms with van der Waals surface area (Å²) in [5.74, 6) is 1.01. The van der Waals surface area contributed by atoms with E-state index in [0.29, 0.717) is 18.1 Å². The zero-order valence-corrected chi connectivity index (χ0v) is 8.88. The molecule has 0 fully saturated rings. The highest BCUT2D eigenvalue weighted by Gasteiger charge is 2.02. The van der Waals surface area contributed by atoms with Crippen LogP contribution in [0.1, 0.15) is 52.4 Å². The fraction of sp³-hybridized carbons (Fsp3) is 0.909. The summed E-state index contributed by atoms with van der Waals surface area (Å²) in [4.78, 5) is 11.2. The third-order valence-corrected chi connectivity index (χ3v) is 2.11. The maximum absolute atomic E-state index is 11.2. The molecule has 1 N–H and O–H groups in total. The summed E-state index contributed by atoms with van der Waals surface area (Å²) in [6.07, 6.45) is 5.20. The summed E-state index contributed by atoms with van der Waals surface area (Å²) < 4.78 is 0. The van der Waals surface area contributed by atoms with Crippen molar-refractivity contribution in [2.24, 2.45) is 5.92 Å². The van der Waals surface area contributed by atoms with Crippen molar-refractivity contribution < 1.29 is 9.90 Å². The lowest BCUT2D eigenvalue weighted by Gasteiger charge is -2.03. The second-order valence-electron chi connectivity index (χ2n) is 4.01. The van der Waals surface area contributed by atoms with Crippen LogP contribution in [0.4, 0.5) is 0 Å². The minimum atomic E-state index is 0.250. The normalized spacial score (nSPS) is 10.8. The number of unbranched alkanes of at least 4 members (excludes halogenated alkanes) is 2. The van der Waals surface area contributed by atoms with Gasteiger partial charge in [-0.15, -0.1) is 0 Å². The SMILES string of the molecule is CC(C)CCC(=O)CCCCCO. The van der Waals surface area contributed by atoms with E-state index in [2.05, 4.69) is 13.8 Å². The van der Waals surface area contributed by atoms with Gasteiger partial charge in [0.05, 0.1) is 0 Å². The highest BCUT2D eigenvalue weighted by Crippen LogP contribution is 2.08. The van der Waals surface area contributed by atoms with Crippen LogP contribution < -0.4 is 0 Å². The van der Waals surface area contributed by atoms with Gasteiger partial charge in [-0.1, -0.05) is 20.3 Å². The number of carbonyl (C=O) groups excluding carboxylic acids is 1. The van der Waals surface area contributed by atoms with Gasteiger partial charge in [-0.25, -0.2) is 0 Å². The van der Waals surface area contributed by atoms with Crippen LogP contribution in [0.15, 0.2) is 0 Å². The molecule has 0 aromatic heterocycles. The monoisotopic (exact) mass is 186 g/mol. The highest BCUT2D eigenvalue weighted by molar-refractivity contribution is 5.78. The molecule has 0 saturated carbocycles. The van der Waals surface area contributed by atoms with E-state index in [1.807, 2.05) is 0 Å². The molecule has 78 valence electrons. The molecule has 0 aliphatic carbocycles. The number of aliphatic hydroxyl groups is 1. The molecule has 0 aromatic rings. The van der Waals surface area contributed by atoms with E-state index < -0.39 is 0 Å². The van der Waals surface area contributed by atoms with Gasteiger partial charge in [0.25, 0.3) is 0 Å². The molecule has 0 aliphatic heterocycles. The minimum absolute atomic E-state index is 0.250. The standard InChI is InChI=1S/C11H22O2/c1-10(2)7-8-11(13)6-4-3-5-9-12/h10,12H,3-9H2,1-2H3. The molecule has 0 aromatic carbocycles. The Morgan fingerprint density at radius 1 is 1.15 bits per heavy atom. The van der Waals surface area contributed by atoms with Crippen LogP contribution in [0.2, 0.25) is 0 Å². The van der Waals surface area contributed by atoms with Crippen LogP contribution in [0, 0.1) is 5.92 Å². The third kappa shape index (κ3) is 9.54. The Morgan fingerprint density at radius 3 is 2.38 bits per heavy atom. The van der Waals surface area contributed by atoms with E-state index in [4.69, 9.17) is 5.11 Å². The van der Waals surface area contributed by atoms with Crippen molar-refractivity contribution in [1.82, 2.24) is 0 Å². The Labute approximate surface area is 81.3 Å². The molecule has 13 heavy (non-hydrogen) atoms. The van der Waals surface area contributed by atoms with Gasteiger partial charge in [0.2, 0.25) is 0 Å². The van der Waals surface area contributed by atoms with Crippen molar-refractivity contribution in [3.63, 3.8) is 0 Å². The van der Waals surface area contributed by atoms with Crippen molar-refractivity contribution in [2.45, 2.75) is 52.4 Å². The van der Waals surface area contributed by atoms with Crippen LogP contribution in [0.25, 0.3) is 0 Å². The third-order valence-electron chi connectivity index (χ3n) is 2.11. The molecule has 0 aliphatic rings. The second-order valence-corrected chi connectivity index (χ2v) is 4.01. The molecule has 0 saturated heterocycles. The van der Waals surface area contributed by atoms with Gasteiger partial charge in [0.15, 0.2) is 0 Å². The molecule has 0 heterocycles. The predicted molar refractivity (Wildman–Crippen MR) is 54.6 cm³/mol. The van der Waals surface area contributed by atoms with Crippen molar-refractivity contribution >= 4 is 5.78 Å². The van der Waals surface area contributed by atoms with Gasteiger partial charge < -0.3 is 5.11 Å². The van der Waals surface area contributed by atoms with E-state index in [1.54, 1.807) is 0 Å². The van der Waals surface area contributed by atoms with Gasteiger partial charge in [0.1, 0.15) is 5.78 Å². The Hall–Kier alpha value is -0.370. The topological polar surface area (TPSA) is 37.3 Å². The van der Waals surface area contributed by atoms with Crippen LogP contribution >= 0.6 is 0 Å². The van der Waals surface area contributed by atoms with Crippen LogP contribution in [0.3, 0.4) is 0 Å². The highest BCUT2D eigenvalue weighted by atomic mass is 16.2. The molecule has 0 radical (unpaired) electrons. The molecule has 0 amide bonds. The molecule has 2 heteroatoms. The lowest BCUT2D eigenvalue weighted by Crippen LogP contribution is -2.00. The summed E-state index contributed by atoms with van der Waals surface area (Å²) in [6, 6.07) is 0. The van der Waals surface area contributed by atoms with Gasteiger partial charge in [-0.2, -0.15) is 0 Å². The first-order valence-corrected chi connectivity index (χ1v) is 5.29. The summed E-state index contributed by atoms with van der Waals surface area (Å²) in [5.41, 5.74) is 0. The van der Waals surface area contributed by atoms with E-state index in [0.717, 1.165) is 32.1 Å². The van der Waals surface area contributed by atoms with Crippen molar-refractivity contribution in [3.05, 3.63) is 0 Å². The maximum Gasteiger partial charge on any atom is 0.132 e. The summed E-state index contributed by atoms with van der Waals surface area (Å²) >= 11 is 0. The molecular formula is C11H22O2. The first-order chi connectivity index (χ1) is 6.16. The van der Waals surface area contributed by atoms with Crippen molar-refractivity contribution in [1.29, 1.82) is 0 Å². The van der Waals surface area contributed by atoms with E-state index in [1.165, 1.54) is 0 Å². The lowest BCUT2D eigenvalue weighted by atomic mass is 10.0. The number of rotatable bonds is 8. The summed E-state index contributed by atoms with van der Waals surface area (Å²) in [7, 11) is 0. The van der Waals surface area contributed by atoms with Gasteiger partial charge in [-0.05, 0) is 25.2 Å². The molecular weight excluding hydrogens is 164 g/mol. The first kappa shape index (κ1) is 12.6. The first-order valence-electron chi connectivity index (χ1n) is 5.29. The average molecular weight is 186 g/mol. The zero-order valence-electron chi connectivity index (χ0n) is 8.88. The fourth-order valence-electron chi connectivity index (χ4n) is 1.19. The predicted octanol–water partition coefficient (Wildman–Crippen LogP) is 2.54. The van der Waals surface area contributed by atoms with Crippen molar-refractivity contribution in [3.8, 4) is 0 Å². The Morgan fingerprint density at radius 2 is 1.85 bits per heavy atom. The number of ketones is 1. The molecule has 0 rings (SSSR count). The second kappa shape index (κ2) is 8.24. The Balaban J connectivity index is 3.20. The van der Waals surface area contributed by atoms with E-state index in [-0.39, 0.29) is 6.61 Å². The maximum atomic E-state index is 11.2. The quantitative estimate of drug-likeness (QED) is 0.591. The molecule has 0 atom stereocenters. The van der Waals surface area contributed by atoms with E-state index >= 15 is 0 Å². The molecule has 2 nitrogen and oxygen atoms in total. The Bertz CT molecular complexity index is 130. The fourth-order valence-corrected chi connectivity index (χ4v) is 1.19. The van der Waals surface area contributed by atoms with Gasteiger partial charge in [-0.3, -0.25) is 4.79 Å². The molecule has 0 spiro atoms. The number of carbonyl (C=O) groups is 1. The summed E-state index contributed by atoms with van der Waals surface area (Å²) in [5, 5.41) is 8.52. The lowest BCUT2D eigenvalue weighted by molar-refractivity contribution is -0.119.